The second kappa shape index (κ2) is 12.2. The van der Waals surface area contributed by atoms with Crippen molar-refractivity contribution < 1.29 is 0 Å². The normalized spacial score (nSPS) is 22.0. The molecule has 1 aliphatic carbocycles. The first-order valence-corrected chi connectivity index (χ1v) is 10.3. The zero-order valence-corrected chi connectivity index (χ0v) is 15.7. The lowest BCUT2D eigenvalue weighted by atomic mass is 10.00. The topological polar surface area (TPSA) is 12.0 Å². The van der Waals surface area contributed by atoms with Crippen LogP contribution in [0.2, 0.25) is 0 Å². The third-order valence-corrected chi connectivity index (χ3v) is 5.20. The molecular weight excluding hydrogens is 290 g/mol. The third-order valence-electron chi connectivity index (χ3n) is 5.20. The number of hydrogen-bond donors (Lipinski definition) is 1. The van der Waals surface area contributed by atoms with E-state index in [0.717, 1.165) is 6.54 Å². The summed E-state index contributed by atoms with van der Waals surface area (Å²) in [5.41, 5.74) is 2.85. The van der Waals surface area contributed by atoms with Crippen LogP contribution in [0.5, 0.6) is 0 Å². The zero-order valence-electron chi connectivity index (χ0n) is 15.7. The Kier molecular flexibility index (Phi) is 9.68. The zero-order chi connectivity index (χ0) is 16.9. The van der Waals surface area contributed by atoms with Gasteiger partial charge in [0.2, 0.25) is 0 Å². The molecule has 1 N–H and O–H groups in total. The molecule has 1 aromatic carbocycles. The highest BCUT2D eigenvalue weighted by atomic mass is 14.9. The molecule has 0 saturated carbocycles. The van der Waals surface area contributed by atoms with Crippen LogP contribution in [-0.2, 0) is 6.54 Å². The summed E-state index contributed by atoms with van der Waals surface area (Å²) in [4.78, 5) is 0. The summed E-state index contributed by atoms with van der Waals surface area (Å²) in [7, 11) is 0. The quantitative estimate of drug-likeness (QED) is 0.630. The van der Waals surface area contributed by atoms with Crippen molar-refractivity contribution in [1.29, 1.82) is 0 Å². The molecule has 1 aromatic rings. The van der Waals surface area contributed by atoms with E-state index in [0.29, 0.717) is 5.92 Å². The van der Waals surface area contributed by atoms with Crippen molar-refractivity contribution in [3.8, 4) is 0 Å². The van der Waals surface area contributed by atoms with Gasteiger partial charge in [-0.05, 0) is 30.7 Å². The molecule has 1 nitrogen and oxygen atoms in total. The SMILES string of the molecule is CC1C=C(NCc2ccccc2)CCCCCCCCCCCC1. The largest absolute Gasteiger partial charge is 0.385 e. The van der Waals surface area contributed by atoms with Gasteiger partial charge in [0.25, 0.3) is 0 Å². The van der Waals surface area contributed by atoms with Gasteiger partial charge in [-0.3, -0.25) is 0 Å². The predicted octanol–water partition coefficient (Wildman–Crippen LogP) is 6.99. The van der Waals surface area contributed by atoms with Crippen LogP contribution in [0.4, 0.5) is 0 Å². The van der Waals surface area contributed by atoms with E-state index in [1.54, 1.807) is 0 Å². The Hall–Kier alpha value is -1.24. The molecule has 1 atom stereocenters. The van der Waals surface area contributed by atoms with Crippen LogP contribution in [0.25, 0.3) is 0 Å². The van der Waals surface area contributed by atoms with Gasteiger partial charge >= 0.3 is 0 Å². The molecule has 0 heterocycles. The minimum absolute atomic E-state index is 0.702. The first-order valence-electron chi connectivity index (χ1n) is 10.3. The standard InChI is InChI=1S/C23H37N/c1-21-15-11-8-6-4-2-3-5-7-9-14-18-23(19-21)24-20-22-16-12-10-13-17-22/h10,12-13,16-17,19,21,24H,2-9,11,14-15,18,20H2,1H3. The first kappa shape index (κ1) is 19.1. The van der Waals surface area contributed by atoms with Crippen molar-refractivity contribution >= 4 is 0 Å². The molecule has 1 aliphatic rings. The van der Waals surface area contributed by atoms with Crippen molar-refractivity contribution in [3.63, 3.8) is 0 Å². The fourth-order valence-electron chi connectivity index (χ4n) is 3.66. The second-order valence-corrected chi connectivity index (χ2v) is 7.58. The highest BCUT2D eigenvalue weighted by Gasteiger charge is 2.04. The van der Waals surface area contributed by atoms with E-state index in [1.807, 2.05) is 0 Å². The van der Waals surface area contributed by atoms with Gasteiger partial charge in [-0.2, -0.15) is 0 Å². The second-order valence-electron chi connectivity index (χ2n) is 7.58. The Labute approximate surface area is 149 Å². The maximum absolute atomic E-state index is 3.72. The minimum atomic E-state index is 0.702. The van der Waals surface area contributed by atoms with Crippen molar-refractivity contribution in [2.75, 3.05) is 0 Å². The molecule has 0 spiro atoms. The minimum Gasteiger partial charge on any atom is -0.385 e. The lowest BCUT2D eigenvalue weighted by molar-refractivity contribution is 0.528. The van der Waals surface area contributed by atoms with E-state index in [-0.39, 0.29) is 0 Å². The van der Waals surface area contributed by atoms with Gasteiger partial charge in [-0.15, -0.1) is 0 Å². The smallest absolute Gasteiger partial charge is 0.0397 e. The van der Waals surface area contributed by atoms with Gasteiger partial charge in [0.15, 0.2) is 0 Å². The van der Waals surface area contributed by atoms with E-state index in [4.69, 9.17) is 0 Å². The number of hydrogen-bond acceptors (Lipinski definition) is 1. The van der Waals surface area contributed by atoms with Crippen LogP contribution in [0.3, 0.4) is 0 Å². The average Bonchev–Trinajstić information content (AvgIpc) is 2.61. The Morgan fingerprint density at radius 3 is 2.04 bits per heavy atom. The maximum Gasteiger partial charge on any atom is 0.0397 e. The van der Waals surface area contributed by atoms with E-state index in [1.165, 1.54) is 88.3 Å². The van der Waals surface area contributed by atoms with Crippen molar-refractivity contribution in [2.24, 2.45) is 5.92 Å². The van der Waals surface area contributed by atoms with Gasteiger partial charge in [0.1, 0.15) is 0 Å². The van der Waals surface area contributed by atoms with Crippen LogP contribution >= 0.6 is 0 Å². The summed E-state index contributed by atoms with van der Waals surface area (Å²) < 4.78 is 0. The summed E-state index contributed by atoms with van der Waals surface area (Å²) in [5, 5.41) is 3.72. The summed E-state index contributed by atoms with van der Waals surface area (Å²) in [6.45, 7) is 3.35. The van der Waals surface area contributed by atoms with Gasteiger partial charge in [-0.1, -0.05) is 101 Å². The van der Waals surface area contributed by atoms with E-state index < -0.39 is 0 Å². The molecule has 0 bridgehead atoms. The van der Waals surface area contributed by atoms with Gasteiger partial charge < -0.3 is 5.32 Å². The first-order chi connectivity index (χ1) is 11.8. The molecule has 0 saturated heterocycles. The predicted molar refractivity (Wildman–Crippen MR) is 106 cm³/mol. The summed E-state index contributed by atoms with van der Waals surface area (Å²) in [6.07, 6.45) is 19.3. The highest BCUT2D eigenvalue weighted by Crippen LogP contribution is 2.19. The summed E-state index contributed by atoms with van der Waals surface area (Å²) >= 11 is 0. The number of nitrogens with one attached hydrogen (secondary N) is 1. The molecule has 134 valence electrons. The Morgan fingerprint density at radius 2 is 1.38 bits per heavy atom. The van der Waals surface area contributed by atoms with Crippen LogP contribution in [0.1, 0.15) is 89.5 Å². The average molecular weight is 328 g/mol. The van der Waals surface area contributed by atoms with Gasteiger partial charge in [0.05, 0.1) is 0 Å². The fourth-order valence-corrected chi connectivity index (χ4v) is 3.66. The lowest BCUT2D eigenvalue weighted by Gasteiger charge is -2.15. The Bertz CT molecular complexity index is 448. The maximum atomic E-state index is 3.72. The molecule has 0 radical (unpaired) electrons. The van der Waals surface area contributed by atoms with E-state index in [9.17, 15) is 0 Å². The van der Waals surface area contributed by atoms with Crippen molar-refractivity contribution in [2.45, 2.75) is 90.5 Å². The fraction of sp³-hybridized carbons (Fsp3) is 0.652. The molecule has 0 aromatic heterocycles. The molecular formula is C23H37N. The molecule has 1 unspecified atom stereocenters. The molecule has 0 fully saturated rings. The molecule has 0 amide bonds. The molecule has 1 heteroatoms. The monoisotopic (exact) mass is 327 g/mol. The third kappa shape index (κ3) is 8.57. The van der Waals surface area contributed by atoms with Crippen LogP contribution in [0.15, 0.2) is 42.1 Å². The van der Waals surface area contributed by atoms with E-state index in [2.05, 4.69) is 48.6 Å². The highest BCUT2D eigenvalue weighted by molar-refractivity contribution is 5.15. The number of rotatable bonds is 3. The Morgan fingerprint density at radius 1 is 0.792 bits per heavy atom. The molecule has 2 rings (SSSR count). The Balaban J connectivity index is 1.87. The number of benzene rings is 1. The number of allylic oxidation sites excluding steroid dienone is 2. The summed E-state index contributed by atoms with van der Waals surface area (Å²) in [6, 6.07) is 10.8. The molecule has 24 heavy (non-hydrogen) atoms. The van der Waals surface area contributed by atoms with Crippen LogP contribution < -0.4 is 5.32 Å². The molecule has 0 aliphatic heterocycles. The van der Waals surface area contributed by atoms with Crippen LogP contribution in [0, 0.1) is 5.92 Å². The van der Waals surface area contributed by atoms with Gasteiger partial charge in [-0.25, -0.2) is 0 Å². The van der Waals surface area contributed by atoms with Gasteiger partial charge in [0, 0.05) is 12.2 Å². The van der Waals surface area contributed by atoms with E-state index >= 15 is 0 Å². The van der Waals surface area contributed by atoms with Crippen LogP contribution in [-0.4, -0.2) is 0 Å². The van der Waals surface area contributed by atoms with Crippen molar-refractivity contribution in [3.05, 3.63) is 47.7 Å². The van der Waals surface area contributed by atoms with Crippen molar-refractivity contribution in [1.82, 2.24) is 5.32 Å². The lowest BCUT2D eigenvalue weighted by Crippen LogP contribution is -2.14. The summed E-state index contributed by atoms with van der Waals surface area (Å²) in [5.74, 6) is 0.702.